The summed E-state index contributed by atoms with van der Waals surface area (Å²) in [5, 5.41) is 6.34. The Bertz CT molecular complexity index is 1040. The Morgan fingerprint density at radius 2 is 1.71 bits per heavy atom. The van der Waals surface area contributed by atoms with Crippen molar-refractivity contribution in [2.45, 2.75) is 61.3 Å². The number of amides is 2. The predicted octanol–water partition coefficient (Wildman–Crippen LogP) is 5.74. The maximum atomic E-state index is 13.2. The van der Waals surface area contributed by atoms with Gasteiger partial charge in [0.15, 0.2) is 0 Å². The molecule has 0 saturated heterocycles. The van der Waals surface area contributed by atoms with Crippen molar-refractivity contribution < 1.29 is 9.59 Å². The average molecular weight is 433 g/mol. The zero-order valence-corrected chi connectivity index (χ0v) is 18.6. The molecule has 2 aromatic carbocycles. The molecule has 1 aliphatic heterocycles. The van der Waals surface area contributed by atoms with E-state index in [0.29, 0.717) is 16.8 Å². The van der Waals surface area contributed by atoms with Crippen LogP contribution in [0.15, 0.2) is 52.3 Å². The van der Waals surface area contributed by atoms with Crippen LogP contribution in [0, 0.1) is 23.2 Å². The van der Waals surface area contributed by atoms with Crippen molar-refractivity contribution in [1.82, 2.24) is 5.32 Å². The fourth-order valence-electron chi connectivity index (χ4n) is 7.05. The molecule has 4 fully saturated rings. The number of anilines is 1. The Balaban J connectivity index is 1.22. The number of benzene rings is 2. The highest BCUT2D eigenvalue weighted by atomic mass is 32.2. The van der Waals surface area contributed by atoms with Crippen LogP contribution in [0.1, 0.15) is 66.2 Å². The van der Waals surface area contributed by atoms with Gasteiger partial charge in [-0.15, -0.1) is 0 Å². The van der Waals surface area contributed by atoms with Crippen molar-refractivity contribution >= 4 is 29.3 Å². The van der Waals surface area contributed by atoms with E-state index in [4.69, 9.17) is 0 Å². The molecule has 4 bridgehead atoms. The minimum Gasteiger partial charge on any atom is -0.349 e. The maximum absolute atomic E-state index is 13.2. The van der Waals surface area contributed by atoms with Crippen LogP contribution >= 0.6 is 11.8 Å². The van der Waals surface area contributed by atoms with Crippen LogP contribution in [0.2, 0.25) is 0 Å². The van der Waals surface area contributed by atoms with Gasteiger partial charge in [-0.2, -0.15) is 0 Å². The lowest BCUT2D eigenvalue weighted by Gasteiger charge is -2.59. The van der Waals surface area contributed by atoms with Crippen molar-refractivity contribution in [3.8, 4) is 0 Å². The largest absolute Gasteiger partial charge is 0.349 e. The fourth-order valence-corrected chi connectivity index (χ4v) is 8.06. The van der Waals surface area contributed by atoms with Gasteiger partial charge < -0.3 is 10.6 Å². The molecule has 4 aliphatic carbocycles. The summed E-state index contributed by atoms with van der Waals surface area (Å²) < 4.78 is 0. The van der Waals surface area contributed by atoms with Crippen LogP contribution in [0.3, 0.4) is 0 Å². The molecule has 5 heteroatoms. The third-order valence-electron chi connectivity index (χ3n) is 8.19. The van der Waals surface area contributed by atoms with Crippen LogP contribution in [-0.4, -0.2) is 17.9 Å². The standard InChI is InChI=1S/C26H28N2O2S/c1-15(26-12-16-8-17(13-26)10-18(9-16)14-26)27-24(29)19-6-7-23-21(11-19)28-25(30)20-4-2-3-5-22(20)31-23/h2-7,11,15-18H,8-10,12-14H2,1H3,(H,27,29)(H,28,30)/t15-,16?,17?,18?,26?/m1/s1. The van der Waals surface area contributed by atoms with Gasteiger partial charge in [-0.05, 0) is 98.9 Å². The second-order valence-corrected chi connectivity index (χ2v) is 11.3. The quantitative estimate of drug-likeness (QED) is 0.650. The molecule has 31 heavy (non-hydrogen) atoms. The van der Waals surface area contributed by atoms with E-state index in [1.807, 2.05) is 42.5 Å². The first kappa shape index (κ1) is 19.4. The molecule has 1 heterocycles. The molecule has 2 amide bonds. The smallest absolute Gasteiger partial charge is 0.256 e. The number of nitrogens with one attached hydrogen (secondary N) is 2. The molecule has 2 N–H and O–H groups in total. The molecule has 0 radical (unpaired) electrons. The summed E-state index contributed by atoms with van der Waals surface area (Å²) in [5.41, 5.74) is 2.27. The average Bonchev–Trinajstić information content (AvgIpc) is 2.88. The summed E-state index contributed by atoms with van der Waals surface area (Å²) in [4.78, 5) is 27.7. The number of hydrogen-bond acceptors (Lipinski definition) is 3. The van der Waals surface area contributed by atoms with Gasteiger partial charge in [0.1, 0.15) is 0 Å². The van der Waals surface area contributed by atoms with Crippen LogP contribution in [-0.2, 0) is 0 Å². The third kappa shape index (κ3) is 3.29. The van der Waals surface area contributed by atoms with Crippen LogP contribution in [0.5, 0.6) is 0 Å². The maximum Gasteiger partial charge on any atom is 0.256 e. The summed E-state index contributed by atoms with van der Waals surface area (Å²) in [6.45, 7) is 2.21. The van der Waals surface area contributed by atoms with E-state index in [1.54, 1.807) is 11.8 Å². The first-order chi connectivity index (χ1) is 15.0. The molecular formula is C26H28N2O2S. The van der Waals surface area contributed by atoms with Gasteiger partial charge in [-0.25, -0.2) is 0 Å². The van der Waals surface area contributed by atoms with Gasteiger partial charge in [-0.3, -0.25) is 9.59 Å². The van der Waals surface area contributed by atoms with Crippen molar-refractivity contribution in [3.63, 3.8) is 0 Å². The van der Waals surface area contributed by atoms with E-state index in [9.17, 15) is 9.59 Å². The highest BCUT2D eigenvalue weighted by Crippen LogP contribution is 2.61. The van der Waals surface area contributed by atoms with E-state index < -0.39 is 0 Å². The normalized spacial score (nSPS) is 31.3. The van der Waals surface area contributed by atoms with Gasteiger partial charge in [0.2, 0.25) is 0 Å². The van der Waals surface area contributed by atoms with Crippen molar-refractivity contribution in [1.29, 1.82) is 0 Å². The Labute approximate surface area is 187 Å². The van der Waals surface area contributed by atoms with E-state index in [0.717, 1.165) is 27.5 Å². The number of carbonyl (C=O) groups is 2. The van der Waals surface area contributed by atoms with Crippen LogP contribution in [0.25, 0.3) is 0 Å². The summed E-state index contributed by atoms with van der Waals surface area (Å²) in [6.07, 6.45) is 8.04. The molecular weight excluding hydrogens is 404 g/mol. The van der Waals surface area contributed by atoms with Gasteiger partial charge in [0.25, 0.3) is 11.8 Å². The van der Waals surface area contributed by atoms with Crippen molar-refractivity contribution in [2.75, 3.05) is 5.32 Å². The Kier molecular flexibility index (Phi) is 4.46. The highest BCUT2D eigenvalue weighted by molar-refractivity contribution is 7.99. The minimum atomic E-state index is -0.124. The topological polar surface area (TPSA) is 58.2 Å². The number of rotatable bonds is 3. The summed E-state index contributed by atoms with van der Waals surface area (Å²) in [6, 6.07) is 13.5. The Morgan fingerprint density at radius 3 is 2.42 bits per heavy atom. The summed E-state index contributed by atoms with van der Waals surface area (Å²) in [5.74, 6) is 2.44. The van der Waals surface area contributed by atoms with Crippen molar-refractivity contribution in [3.05, 3.63) is 53.6 Å². The van der Waals surface area contributed by atoms with Gasteiger partial charge in [0.05, 0.1) is 11.3 Å². The molecule has 160 valence electrons. The lowest BCUT2D eigenvalue weighted by atomic mass is 9.48. The zero-order valence-electron chi connectivity index (χ0n) is 17.8. The molecule has 0 aromatic heterocycles. The highest BCUT2D eigenvalue weighted by Gasteiger charge is 2.53. The van der Waals surface area contributed by atoms with E-state index in [1.165, 1.54) is 38.5 Å². The third-order valence-corrected chi connectivity index (χ3v) is 9.35. The Morgan fingerprint density at radius 1 is 1.03 bits per heavy atom. The second kappa shape index (κ2) is 7.13. The molecule has 2 aromatic rings. The van der Waals surface area contributed by atoms with Gasteiger partial charge in [-0.1, -0.05) is 23.9 Å². The fraction of sp³-hybridized carbons (Fsp3) is 0.462. The molecule has 0 unspecified atom stereocenters. The predicted molar refractivity (Wildman–Crippen MR) is 122 cm³/mol. The zero-order chi connectivity index (χ0) is 21.2. The molecule has 4 nitrogen and oxygen atoms in total. The molecule has 4 saturated carbocycles. The number of hydrogen-bond donors (Lipinski definition) is 2. The van der Waals surface area contributed by atoms with Crippen LogP contribution in [0.4, 0.5) is 5.69 Å². The first-order valence-corrected chi connectivity index (χ1v) is 12.3. The van der Waals surface area contributed by atoms with Crippen molar-refractivity contribution in [2.24, 2.45) is 23.2 Å². The van der Waals surface area contributed by atoms with Crippen LogP contribution < -0.4 is 10.6 Å². The Hall–Kier alpha value is -2.27. The lowest BCUT2D eigenvalue weighted by Crippen LogP contribution is -2.55. The summed E-state index contributed by atoms with van der Waals surface area (Å²) >= 11 is 1.56. The minimum absolute atomic E-state index is 0.0351. The monoisotopic (exact) mass is 432 g/mol. The molecule has 1 atom stereocenters. The summed E-state index contributed by atoms with van der Waals surface area (Å²) in [7, 11) is 0. The number of carbonyl (C=O) groups excluding carboxylic acids is 2. The van der Waals surface area contributed by atoms with E-state index >= 15 is 0 Å². The second-order valence-electron chi connectivity index (χ2n) is 10.2. The SMILES string of the molecule is C[C@@H](NC(=O)c1ccc2c(c1)NC(=O)c1ccccc1S2)C12CC3CC(CC(C3)C1)C2. The molecule has 5 aliphatic rings. The van der Waals surface area contributed by atoms with Gasteiger partial charge in [0, 0.05) is 21.4 Å². The van der Waals surface area contributed by atoms with Gasteiger partial charge >= 0.3 is 0 Å². The molecule has 7 rings (SSSR count). The first-order valence-electron chi connectivity index (χ1n) is 11.5. The number of fused-ring (bicyclic) bond motifs is 2. The lowest BCUT2D eigenvalue weighted by molar-refractivity contribution is -0.0688. The van der Waals surface area contributed by atoms with E-state index in [-0.39, 0.29) is 23.3 Å². The molecule has 0 spiro atoms. The van der Waals surface area contributed by atoms with E-state index in [2.05, 4.69) is 17.6 Å².